The Morgan fingerprint density at radius 2 is 1.85 bits per heavy atom. The van der Waals surface area contributed by atoms with Crippen LogP contribution in [0.25, 0.3) is 0 Å². The molecule has 1 heterocycles. The third kappa shape index (κ3) is 1.56. The highest BCUT2D eigenvalue weighted by Gasteiger charge is 2.07. The summed E-state index contributed by atoms with van der Waals surface area (Å²) in [6.45, 7) is 5.60. The minimum absolute atomic E-state index is 0.0827. The first kappa shape index (κ1) is 9.77. The molecule has 0 N–H and O–H groups in total. The van der Waals surface area contributed by atoms with Crippen molar-refractivity contribution < 1.29 is 0 Å². The number of nitrogens with zero attached hydrogens (tertiary/aromatic N) is 2. The molecule has 0 atom stereocenters. The smallest absolute Gasteiger partial charge is 0.295 e. The highest BCUT2D eigenvalue weighted by Crippen LogP contribution is 2.01. The van der Waals surface area contributed by atoms with Crippen LogP contribution in [0.4, 0.5) is 0 Å². The highest BCUT2D eigenvalue weighted by atomic mass is 16.2. The third-order valence-corrected chi connectivity index (χ3v) is 2.05. The lowest BCUT2D eigenvalue weighted by Crippen LogP contribution is -2.39. The average Bonchev–Trinajstić information content (AvgIpc) is 1.99. The second kappa shape index (κ2) is 3.20. The lowest BCUT2D eigenvalue weighted by atomic mass is 10.3. The van der Waals surface area contributed by atoms with Crippen LogP contribution in [-0.2, 0) is 7.05 Å². The topological polar surface area (TPSA) is 44.0 Å². The Bertz CT molecular complexity index is 426. The van der Waals surface area contributed by atoms with Gasteiger partial charge < -0.3 is 0 Å². The number of hydrogen-bond donors (Lipinski definition) is 0. The van der Waals surface area contributed by atoms with E-state index < -0.39 is 0 Å². The van der Waals surface area contributed by atoms with Crippen LogP contribution in [0.2, 0.25) is 0 Å². The third-order valence-electron chi connectivity index (χ3n) is 2.05. The van der Waals surface area contributed by atoms with Gasteiger partial charge in [0.2, 0.25) is 0 Å². The molecule has 0 aliphatic heterocycles. The molecule has 0 amide bonds. The van der Waals surface area contributed by atoms with Crippen molar-refractivity contribution in [1.82, 2.24) is 9.13 Å². The van der Waals surface area contributed by atoms with E-state index in [1.54, 1.807) is 11.5 Å². The summed E-state index contributed by atoms with van der Waals surface area (Å²) in [6.07, 6.45) is 0. The fourth-order valence-corrected chi connectivity index (χ4v) is 1.38. The predicted octanol–water partition coefficient (Wildman–Crippen LogP) is 0.436. The molecule has 0 aliphatic carbocycles. The zero-order valence-corrected chi connectivity index (χ0v) is 8.37. The summed E-state index contributed by atoms with van der Waals surface area (Å²) in [5, 5.41) is 0. The van der Waals surface area contributed by atoms with E-state index in [9.17, 15) is 9.59 Å². The van der Waals surface area contributed by atoms with Crippen molar-refractivity contribution in [3.05, 3.63) is 32.6 Å². The van der Waals surface area contributed by atoms with Crippen LogP contribution in [0.5, 0.6) is 0 Å². The largest absolute Gasteiger partial charge is 0.331 e. The summed E-state index contributed by atoms with van der Waals surface area (Å²) in [4.78, 5) is 22.8. The molecule has 1 aromatic heterocycles. The summed E-state index contributed by atoms with van der Waals surface area (Å²) in [5.41, 5.74) is 0.211. The molecule has 0 saturated heterocycles. The van der Waals surface area contributed by atoms with Crippen molar-refractivity contribution in [3.8, 4) is 0 Å². The first-order valence-electron chi connectivity index (χ1n) is 4.24. The van der Waals surface area contributed by atoms with Crippen LogP contribution in [0, 0.1) is 6.92 Å². The van der Waals surface area contributed by atoms with E-state index in [4.69, 9.17) is 0 Å². The molecule has 0 saturated carbocycles. The molecule has 1 aromatic rings. The summed E-state index contributed by atoms with van der Waals surface area (Å²) in [5.74, 6) is 0. The van der Waals surface area contributed by atoms with Crippen LogP contribution in [0.3, 0.4) is 0 Å². The molecule has 72 valence electrons. The normalized spacial score (nSPS) is 10.8. The van der Waals surface area contributed by atoms with Gasteiger partial charge in [0.1, 0.15) is 0 Å². The molecular formula is C9H14N2O2. The Kier molecular flexibility index (Phi) is 2.40. The van der Waals surface area contributed by atoms with Gasteiger partial charge in [-0.15, -0.1) is 0 Å². The lowest BCUT2D eigenvalue weighted by Gasteiger charge is -2.13. The molecule has 13 heavy (non-hydrogen) atoms. The number of aromatic nitrogens is 2. The minimum Gasteiger partial charge on any atom is -0.295 e. The summed E-state index contributed by atoms with van der Waals surface area (Å²) < 4.78 is 2.72. The quantitative estimate of drug-likeness (QED) is 0.632. The van der Waals surface area contributed by atoms with Gasteiger partial charge in [0.25, 0.3) is 5.56 Å². The van der Waals surface area contributed by atoms with Crippen molar-refractivity contribution in [2.45, 2.75) is 26.8 Å². The summed E-state index contributed by atoms with van der Waals surface area (Å²) >= 11 is 0. The maximum Gasteiger partial charge on any atom is 0.331 e. The Morgan fingerprint density at radius 3 is 2.31 bits per heavy atom. The fraction of sp³-hybridized carbons (Fsp3) is 0.556. The molecule has 0 bridgehead atoms. The van der Waals surface area contributed by atoms with Crippen LogP contribution < -0.4 is 11.2 Å². The van der Waals surface area contributed by atoms with Crippen molar-refractivity contribution in [2.24, 2.45) is 7.05 Å². The molecule has 0 unspecified atom stereocenters. The molecule has 0 aromatic carbocycles. The zero-order chi connectivity index (χ0) is 10.2. The van der Waals surface area contributed by atoms with Crippen molar-refractivity contribution >= 4 is 0 Å². The molecule has 0 fully saturated rings. The van der Waals surface area contributed by atoms with E-state index in [0.717, 1.165) is 4.57 Å². The van der Waals surface area contributed by atoms with Crippen molar-refractivity contribution in [3.63, 3.8) is 0 Å². The van der Waals surface area contributed by atoms with E-state index in [1.165, 1.54) is 13.1 Å². The first-order valence-corrected chi connectivity index (χ1v) is 4.24. The zero-order valence-electron chi connectivity index (χ0n) is 8.37. The van der Waals surface area contributed by atoms with Gasteiger partial charge in [0.05, 0.1) is 0 Å². The van der Waals surface area contributed by atoms with E-state index >= 15 is 0 Å². The second-order valence-corrected chi connectivity index (χ2v) is 3.43. The van der Waals surface area contributed by atoms with E-state index in [2.05, 4.69) is 0 Å². The SMILES string of the molecule is Cc1cc(=O)n(C)c(=O)n1C(C)C. The predicted molar refractivity (Wildman–Crippen MR) is 51.1 cm³/mol. The van der Waals surface area contributed by atoms with E-state index in [0.29, 0.717) is 5.69 Å². The van der Waals surface area contributed by atoms with Gasteiger partial charge in [-0.2, -0.15) is 0 Å². The van der Waals surface area contributed by atoms with Crippen molar-refractivity contribution in [1.29, 1.82) is 0 Å². The van der Waals surface area contributed by atoms with Crippen LogP contribution in [-0.4, -0.2) is 9.13 Å². The minimum atomic E-state index is -0.251. The fourth-order valence-electron chi connectivity index (χ4n) is 1.38. The Balaban J connectivity index is 3.64. The second-order valence-electron chi connectivity index (χ2n) is 3.43. The van der Waals surface area contributed by atoms with Gasteiger partial charge in [-0.05, 0) is 20.8 Å². The van der Waals surface area contributed by atoms with Crippen LogP contribution in [0.1, 0.15) is 25.6 Å². The molecule has 0 aliphatic rings. The van der Waals surface area contributed by atoms with Gasteiger partial charge in [-0.25, -0.2) is 4.79 Å². The van der Waals surface area contributed by atoms with E-state index in [1.807, 2.05) is 13.8 Å². The van der Waals surface area contributed by atoms with E-state index in [-0.39, 0.29) is 17.3 Å². The number of rotatable bonds is 1. The van der Waals surface area contributed by atoms with Gasteiger partial charge in [-0.1, -0.05) is 0 Å². The Morgan fingerprint density at radius 1 is 1.31 bits per heavy atom. The standard InChI is InChI=1S/C9H14N2O2/c1-6(2)11-7(3)5-8(12)10(4)9(11)13/h5-6H,1-4H3. The molecule has 1 rings (SSSR count). The molecule has 4 heteroatoms. The Labute approximate surface area is 76.4 Å². The average molecular weight is 182 g/mol. The molecule has 0 spiro atoms. The van der Waals surface area contributed by atoms with Gasteiger partial charge in [0, 0.05) is 24.8 Å². The molecule has 0 radical (unpaired) electrons. The highest BCUT2D eigenvalue weighted by molar-refractivity contribution is 5.00. The maximum atomic E-state index is 11.6. The van der Waals surface area contributed by atoms with Gasteiger partial charge in [0.15, 0.2) is 0 Å². The first-order chi connectivity index (χ1) is 5.95. The lowest BCUT2D eigenvalue weighted by molar-refractivity contribution is 0.519. The summed E-state index contributed by atoms with van der Waals surface area (Å²) in [7, 11) is 1.49. The Hall–Kier alpha value is -1.32. The number of hydrogen-bond acceptors (Lipinski definition) is 2. The number of aryl methyl sites for hydroxylation is 1. The molecular weight excluding hydrogens is 168 g/mol. The summed E-state index contributed by atoms with van der Waals surface area (Å²) in [6, 6.07) is 1.56. The van der Waals surface area contributed by atoms with Crippen LogP contribution in [0.15, 0.2) is 15.7 Å². The monoisotopic (exact) mass is 182 g/mol. The molecule has 4 nitrogen and oxygen atoms in total. The maximum absolute atomic E-state index is 11.6. The van der Waals surface area contributed by atoms with Crippen molar-refractivity contribution in [2.75, 3.05) is 0 Å². The van der Waals surface area contributed by atoms with Crippen LogP contribution >= 0.6 is 0 Å². The van der Waals surface area contributed by atoms with Gasteiger partial charge >= 0.3 is 5.69 Å². The van der Waals surface area contributed by atoms with Gasteiger partial charge in [-0.3, -0.25) is 13.9 Å².